The van der Waals surface area contributed by atoms with E-state index in [1.807, 2.05) is 32.2 Å². The number of likely N-dealkylation sites (N-methyl/N-ethyl adjacent to an activating group) is 1. The van der Waals surface area contributed by atoms with Gasteiger partial charge in [-0.3, -0.25) is 0 Å². The predicted molar refractivity (Wildman–Crippen MR) is 102 cm³/mol. The highest BCUT2D eigenvalue weighted by Gasteiger charge is 2.20. The van der Waals surface area contributed by atoms with Crippen molar-refractivity contribution in [3.63, 3.8) is 0 Å². The second-order valence-electron chi connectivity index (χ2n) is 6.78. The van der Waals surface area contributed by atoms with Gasteiger partial charge in [0.15, 0.2) is 5.82 Å². The Hall–Kier alpha value is -3.06. The Morgan fingerprint density at radius 2 is 1.81 bits per heavy atom. The van der Waals surface area contributed by atoms with Crippen molar-refractivity contribution >= 4 is 11.1 Å². The van der Waals surface area contributed by atoms with Gasteiger partial charge in [-0.1, -0.05) is 40.1 Å². The Balaban J connectivity index is 1.83. The van der Waals surface area contributed by atoms with E-state index < -0.39 is 0 Å². The van der Waals surface area contributed by atoms with Crippen LogP contribution in [0.15, 0.2) is 39.4 Å². The normalized spacial score (nSPS) is 12.6. The van der Waals surface area contributed by atoms with Crippen LogP contribution in [0.5, 0.6) is 0 Å². The van der Waals surface area contributed by atoms with Crippen molar-refractivity contribution in [2.24, 2.45) is 0 Å². The first kappa shape index (κ1) is 17.4. The van der Waals surface area contributed by atoms with Crippen LogP contribution in [0.3, 0.4) is 0 Å². The van der Waals surface area contributed by atoms with Crippen molar-refractivity contribution in [3.8, 4) is 22.7 Å². The highest BCUT2D eigenvalue weighted by atomic mass is 16.5. The number of hydrogen-bond acceptors (Lipinski definition) is 7. The van der Waals surface area contributed by atoms with Gasteiger partial charge in [0.2, 0.25) is 0 Å². The average molecular weight is 363 g/mol. The molecule has 0 radical (unpaired) electrons. The van der Waals surface area contributed by atoms with Crippen LogP contribution in [0, 0.1) is 13.8 Å². The molecule has 27 heavy (non-hydrogen) atoms. The minimum absolute atomic E-state index is 0.258. The largest absolute Gasteiger partial charge is 0.335 e. The molecular weight excluding hydrogens is 342 g/mol. The van der Waals surface area contributed by atoms with Gasteiger partial charge >= 0.3 is 0 Å². The summed E-state index contributed by atoms with van der Waals surface area (Å²) < 4.78 is 11.0. The first-order valence-corrected chi connectivity index (χ1v) is 8.89. The van der Waals surface area contributed by atoms with Gasteiger partial charge in [0.1, 0.15) is 0 Å². The number of rotatable bonds is 5. The Morgan fingerprint density at radius 3 is 2.56 bits per heavy atom. The van der Waals surface area contributed by atoms with Crippen molar-refractivity contribution in [2.75, 3.05) is 7.05 Å². The van der Waals surface area contributed by atoms with Crippen LogP contribution >= 0.6 is 0 Å². The molecule has 7 nitrogen and oxygen atoms in total. The maximum atomic E-state index is 5.55. The first-order chi connectivity index (χ1) is 13.0. The second-order valence-corrected chi connectivity index (χ2v) is 6.78. The third-order valence-corrected chi connectivity index (χ3v) is 4.64. The van der Waals surface area contributed by atoms with E-state index in [0.29, 0.717) is 23.8 Å². The SMILES string of the molecule is CNC(C)Cc1noc(-c2cc(-c3ccc(C)cc3)nc3onc(C)c23)n1. The molecule has 4 aromatic rings. The molecule has 0 aliphatic heterocycles. The lowest BCUT2D eigenvalue weighted by Crippen LogP contribution is -2.24. The summed E-state index contributed by atoms with van der Waals surface area (Å²) in [6.45, 7) is 6.00. The van der Waals surface area contributed by atoms with Gasteiger partial charge in [0.05, 0.1) is 22.3 Å². The van der Waals surface area contributed by atoms with Gasteiger partial charge in [-0.15, -0.1) is 0 Å². The lowest BCUT2D eigenvalue weighted by Gasteiger charge is -2.05. The second kappa shape index (κ2) is 6.92. The first-order valence-electron chi connectivity index (χ1n) is 8.89. The van der Waals surface area contributed by atoms with Crippen LogP contribution in [0.2, 0.25) is 0 Å². The van der Waals surface area contributed by atoms with Crippen LogP contribution in [0.4, 0.5) is 0 Å². The van der Waals surface area contributed by atoms with Crippen molar-refractivity contribution in [1.29, 1.82) is 0 Å². The molecule has 0 amide bonds. The van der Waals surface area contributed by atoms with E-state index in [1.165, 1.54) is 5.56 Å². The van der Waals surface area contributed by atoms with Gasteiger partial charge in [0.25, 0.3) is 11.6 Å². The predicted octanol–water partition coefficient (Wildman–Crippen LogP) is 3.71. The van der Waals surface area contributed by atoms with Crippen LogP contribution in [0.25, 0.3) is 33.8 Å². The molecule has 0 aliphatic carbocycles. The van der Waals surface area contributed by atoms with E-state index in [0.717, 1.165) is 27.9 Å². The molecule has 138 valence electrons. The Labute approximate surface area is 156 Å². The van der Waals surface area contributed by atoms with E-state index in [1.54, 1.807) is 0 Å². The summed E-state index contributed by atoms with van der Waals surface area (Å²) in [6, 6.07) is 10.4. The van der Waals surface area contributed by atoms with Crippen molar-refractivity contribution in [2.45, 2.75) is 33.2 Å². The number of aryl methyl sites for hydroxylation is 2. The third kappa shape index (κ3) is 3.33. The van der Waals surface area contributed by atoms with E-state index in [2.05, 4.69) is 51.6 Å². The number of nitrogens with zero attached hydrogens (tertiary/aromatic N) is 4. The number of benzene rings is 1. The highest BCUT2D eigenvalue weighted by molar-refractivity contribution is 5.93. The molecule has 0 fully saturated rings. The molecule has 1 N–H and O–H groups in total. The summed E-state index contributed by atoms with van der Waals surface area (Å²) in [4.78, 5) is 9.19. The standard InChI is InChI=1S/C20H21N5O2/c1-11-5-7-14(8-6-11)16-10-15(18-13(3)24-27-20(18)22-16)19-23-17(25-26-19)9-12(2)21-4/h5-8,10,12,21H,9H2,1-4H3. The number of nitrogens with one attached hydrogen (secondary N) is 1. The highest BCUT2D eigenvalue weighted by Crippen LogP contribution is 2.33. The molecular formula is C20H21N5O2. The fourth-order valence-corrected chi connectivity index (χ4v) is 2.96. The summed E-state index contributed by atoms with van der Waals surface area (Å²) in [7, 11) is 1.91. The third-order valence-electron chi connectivity index (χ3n) is 4.64. The molecule has 1 aromatic carbocycles. The van der Waals surface area contributed by atoms with Gasteiger partial charge in [-0.25, -0.2) is 4.98 Å². The van der Waals surface area contributed by atoms with Gasteiger partial charge in [0, 0.05) is 18.0 Å². The van der Waals surface area contributed by atoms with Crippen LogP contribution in [0.1, 0.15) is 24.0 Å². The molecule has 0 spiro atoms. The van der Waals surface area contributed by atoms with Gasteiger partial charge in [-0.05, 0) is 33.9 Å². The molecule has 0 saturated carbocycles. The zero-order valence-corrected chi connectivity index (χ0v) is 15.8. The Morgan fingerprint density at radius 1 is 1.04 bits per heavy atom. The fraction of sp³-hybridized carbons (Fsp3) is 0.300. The molecule has 7 heteroatoms. The summed E-state index contributed by atoms with van der Waals surface area (Å²) in [5.74, 6) is 1.10. The number of hydrogen-bond donors (Lipinski definition) is 1. The molecule has 1 unspecified atom stereocenters. The zero-order valence-electron chi connectivity index (χ0n) is 15.8. The molecule has 0 bridgehead atoms. The quantitative estimate of drug-likeness (QED) is 0.578. The topological polar surface area (TPSA) is 89.9 Å². The number of pyridine rings is 1. The van der Waals surface area contributed by atoms with Crippen LogP contribution in [-0.2, 0) is 6.42 Å². The molecule has 0 aliphatic rings. The molecule has 3 aromatic heterocycles. The lowest BCUT2D eigenvalue weighted by atomic mass is 10.0. The minimum atomic E-state index is 0.258. The van der Waals surface area contributed by atoms with Crippen molar-refractivity contribution in [1.82, 2.24) is 25.6 Å². The maximum absolute atomic E-state index is 5.55. The summed E-state index contributed by atoms with van der Waals surface area (Å²) in [5, 5.41) is 12.1. The summed E-state index contributed by atoms with van der Waals surface area (Å²) in [5.41, 5.74) is 4.94. The molecule has 3 heterocycles. The van der Waals surface area contributed by atoms with Gasteiger partial charge < -0.3 is 14.4 Å². The average Bonchev–Trinajstić information content (AvgIpc) is 3.28. The number of aromatic nitrogens is 4. The minimum Gasteiger partial charge on any atom is -0.335 e. The number of fused-ring (bicyclic) bond motifs is 1. The monoisotopic (exact) mass is 363 g/mol. The van der Waals surface area contributed by atoms with Crippen LogP contribution < -0.4 is 5.32 Å². The molecule has 4 rings (SSSR count). The fourth-order valence-electron chi connectivity index (χ4n) is 2.96. The van der Waals surface area contributed by atoms with E-state index in [4.69, 9.17) is 9.05 Å². The Bertz CT molecular complexity index is 1080. The molecule has 1 atom stereocenters. The van der Waals surface area contributed by atoms with E-state index in [-0.39, 0.29) is 6.04 Å². The maximum Gasteiger partial charge on any atom is 0.259 e. The smallest absolute Gasteiger partial charge is 0.259 e. The summed E-state index contributed by atoms with van der Waals surface area (Å²) in [6.07, 6.45) is 0.682. The molecule has 0 saturated heterocycles. The van der Waals surface area contributed by atoms with Crippen molar-refractivity contribution < 1.29 is 9.05 Å². The zero-order chi connectivity index (χ0) is 19.0. The van der Waals surface area contributed by atoms with Gasteiger partial charge in [-0.2, -0.15) is 4.98 Å². The summed E-state index contributed by atoms with van der Waals surface area (Å²) >= 11 is 0. The van der Waals surface area contributed by atoms with Crippen molar-refractivity contribution in [3.05, 3.63) is 47.4 Å². The lowest BCUT2D eigenvalue weighted by molar-refractivity contribution is 0.418. The Kier molecular flexibility index (Phi) is 4.45. The van der Waals surface area contributed by atoms with E-state index >= 15 is 0 Å². The van der Waals surface area contributed by atoms with E-state index in [9.17, 15) is 0 Å². The van der Waals surface area contributed by atoms with Crippen LogP contribution in [-0.4, -0.2) is 33.4 Å².